The molecule has 5 nitrogen and oxygen atoms in total. The molecule has 104 valence electrons. The lowest BCUT2D eigenvalue weighted by Gasteiger charge is -2.08. The molecule has 0 fully saturated rings. The Morgan fingerprint density at radius 2 is 2.15 bits per heavy atom. The summed E-state index contributed by atoms with van der Waals surface area (Å²) in [7, 11) is 0. The summed E-state index contributed by atoms with van der Waals surface area (Å²) in [5.41, 5.74) is 0.431. The van der Waals surface area contributed by atoms with Gasteiger partial charge in [0.1, 0.15) is 11.6 Å². The highest BCUT2D eigenvalue weighted by atomic mass is 35.5. The van der Waals surface area contributed by atoms with Crippen molar-refractivity contribution in [3.8, 4) is 11.3 Å². The maximum atomic E-state index is 13.3. The van der Waals surface area contributed by atoms with Crippen LogP contribution in [0.4, 0.5) is 15.9 Å². The molecule has 1 aromatic heterocycles. The van der Waals surface area contributed by atoms with Crippen LogP contribution in [0.25, 0.3) is 11.3 Å². The van der Waals surface area contributed by atoms with Gasteiger partial charge in [0.15, 0.2) is 0 Å². The van der Waals surface area contributed by atoms with E-state index in [0.717, 1.165) is 0 Å². The minimum Gasteiger partial charge on any atom is -0.370 e. The van der Waals surface area contributed by atoms with Gasteiger partial charge >= 0.3 is 0 Å². The van der Waals surface area contributed by atoms with Crippen molar-refractivity contribution in [1.29, 1.82) is 0 Å². The van der Waals surface area contributed by atoms with Crippen molar-refractivity contribution in [2.24, 2.45) is 0 Å². The molecule has 7 heteroatoms. The van der Waals surface area contributed by atoms with Gasteiger partial charge in [0.05, 0.1) is 21.7 Å². The number of nitrogens with zero attached hydrogens (tertiary/aromatic N) is 2. The normalized spacial score (nSPS) is 10.3. The molecule has 0 saturated carbocycles. The minimum atomic E-state index is -0.529. The van der Waals surface area contributed by atoms with Crippen LogP contribution in [0.2, 0.25) is 5.02 Å². The molecule has 0 saturated heterocycles. The van der Waals surface area contributed by atoms with Crippen molar-refractivity contribution in [3.63, 3.8) is 0 Å². The van der Waals surface area contributed by atoms with Crippen LogP contribution in [0.3, 0.4) is 0 Å². The first kappa shape index (κ1) is 14.2. The van der Waals surface area contributed by atoms with Gasteiger partial charge in [-0.15, -0.1) is 0 Å². The summed E-state index contributed by atoms with van der Waals surface area (Å²) >= 11 is 6.00. The molecule has 2 aromatic rings. The molecule has 1 N–H and O–H groups in total. The Morgan fingerprint density at radius 1 is 1.40 bits per heavy atom. The number of pyridine rings is 1. The van der Waals surface area contributed by atoms with E-state index in [0.29, 0.717) is 17.9 Å². The van der Waals surface area contributed by atoms with Crippen LogP contribution in [0.1, 0.15) is 6.92 Å². The fourth-order valence-corrected chi connectivity index (χ4v) is 1.94. The summed E-state index contributed by atoms with van der Waals surface area (Å²) in [6.45, 7) is 2.40. The minimum absolute atomic E-state index is 0.133. The summed E-state index contributed by atoms with van der Waals surface area (Å²) in [6.07, 6.45) is 0. The van der Waals surface area contributed by atoms with Crippen LogP contribution < -0.4 is 5.32 Å². The van der Waals surface area contributed by atoms with E-state index in [1.54, 1.807) is 0 Å². The highest BCUT2D eigenvalue weighted by Crippen LogP contribution is 2.31. The lowest BCUT2D eigenvalue weighted by molar-refractivity contribution is -0.384. The predicted octanol–water partition coefficient (Wildman–Crippen LogP) is 3.88. The zero-order chi connectivity index (χ0) is 14.7. The highest BCUT2D eigenvalue weighted by molar-refractivity contribution is 6.33. The van der Waals surface area contributed by atoms with E-state index in [2.05, 4.69) is 10.3 Å². The zero-order valence-electron chi connectivity index (χ0n) is 10.6. The topological polar surface area (TPSA) is 68.1 Å². The van der Waals surface area contributed by atoms with Crippen LogP contribution in [0.15, 0.2) is 30.3 Å². The molecular weight excluding hydrogens is 285 g/mol. The first-order valence-electron chi connectivity index (χ1n) is 5.87. The summed E-state index contributed by atoms with van der Waals surface area (Å²) in [5, 5.41) is 14.1. The van der Waals surface area contributed by atoms with Crippen molar-refractivity contribution >= 4 is 23.1 Å². The molecule has 0 aliphatic carbocycles. The van der Waals surface area contributed by atoms with Crippen molar-refractivity contribution in [1.82, 2.24) is 4.98 Å². The standard InChI is InChI=1S/C13H11ClFN3O2/c1-2-16-13-7-9(18(19)20)6-12(17-13)10-5-8(15)3-4-11(10)14/h3-7H,2H2,1H3,(H,16,17). The van der Waals surface area contributed by atoms with Gasteiger partial charge < -0.3 is 5.32 Å². The van der Waals surface area contributed by atoms with Crippen molar-refractivity contribution in [2.45, 2.75) is 6.92 Å². The zero-order valence-corrected chi connectivity index (χ0v) is 11.3. The first-order chi connectivity index (χ1) is 9.51. The number of aromatic nitrogens is 1. The van der Waals surface area contributed by atoms with E-state index in [-0.39, 0.29) is 16.4 Å². The van der Waals surface area contributed by atoms with Gasteiger partial charge in [-0.1, -0.05) is 11.6 Å². The number of benzene rings is 1. The van der Waals surface area contributed by atoms with Gasteiger partial charge in [-0.3, -0.25) is 10.1 Å². The molecule has 0 atom stereocenters. The van der Waals surface area contributed by atoms with Gasteiger partial charge in [0, 0.05) is 18.2 Å². The third-order valence-corrected chi connectivity index (χ3v) is 2.91. The first-order valence-corrected chi connectivity index (χ1v) is 6.25. The Kier molecular flexibility index (Phi) is 4.14. The number of rotatable bonds is 4. The van der Waals surface area contributed by atoms with Crippen LogP contribution >= 0.6 is 11.6 Å². The van der Waals surface area contributed by atoms with E-state index >= 15 is 0 Å². The Bertz CT molecular complexity index is 664. The van der Waals surface area contributed by atoms with Crippen LogP contribution in [-0.2, 0) is 0 Å². The summed E-state index contributed by atoms with van der Waals surface area (Å²) in [6, 6.07) is 6.39. The molecule has 0 radical (unpaired) electrons. The van der Waals surface area contributed by atoms with Crippen LogP contribution in [-0.4, -0.2) is 16.5 Å². The number of hydrogen-bond donors (Lipinski definition) is 1. The number of hydrogen-bond acceptors (Lipinski definition) is 4. The Hall–Kier alpha value is -2.21. The molecule has 0 unspecified atom stereocenters. The van der Waals surface area contributed by atoms with Gasteiger partial charge in [0.2, 0.25) is 0 Å². The van der Waals surface area contributed by atoms with E-state index < -0.39 is 10.7 Å². The third kappa shape index (κ3) is 3.03. The van der Waals surface area contributed by atoms with Gasteiger partial charge in [-0.05, 0) is 25.1 Å². The van der Waals surface area contributed by atoms with Gasteiger partial charge in [0.25, 0.3) is 5.69 Å². The second-order valence-corrected chi connectivity index (χ2v) is 4.41. The molecule has 20 heavy (non-hydrogen) atoms. The SMILES string of the molecule is CCNc1cc([N+](=O)[O-])cc(-c2cc(F)ccc2Cl)n1. The number of anilines is 1. The maximum absolute atomic E-state index is 13.3. The average Bonchev–Trinajstić information content (AvgIpc) is 2.41. The maximum Gasteiger partial charge on any atom is 0.275 e. The quantitative estimate of drug-likeness (QED) is 0.686. The van der Waals surface area contributed by atoms with Crippen LogP contribution in [0.5, 0.6) is 0 Å². The molecule has 2 rings (SSSR count). The Labute approximate surface area is 119 Å². The molecule has 0 spiro atoms. The molecule has 0 aliphatic rings. The largest absolute Gasteiger partial charge is 0.370 e. The smallest absolute Gasteiger partial charge is 0.275 e. The van der Waals surface area contributed by atoms with Gasteiger partial charge in [-0.2, -0.15) is 0 Å². The van der Waals surface area contributed by atoms with E-state index in [1.807, 2.05) is 6.92 Å². The lowest BCUT2D eigenvalue weighted by Crippen LogP contribution is -2.02. The van der Waals surface area contributed by atoms with Gasteiger partial charge in [-0.25, -0.2) is 9.37 Å². The van der Waals surface area contributed by atoms with E-state index in [9.17, 15) is 14.5 Å². The van der Waals surface area contributed by atoms with Crippen molar-refractivity contribution < 1.29 is 9.31 Å². The fraction of sp³-hybridized carbons (Fsp3) is 0.154. The lowest BCUT2D eigenvalue weighted by atomic mass is 10.1. The van der Waals surface area contributed by atoms with Crippen molar-refractivity contribution in [3.05, 3.63) is 51.3 Å². The second-order valence-electron chi connectivity index (χ2n) is 4.01. The molecule has 0 bridgehead atoms. The van der Waals surface area contributed by atoms with E-state index in [4.69, 9.17) is 11.6 Å². The monoisotopic (exact) mass is 295 g/mol. The summed E-state index contributed by atoms with van der Waals surface area (Å²) in [5.74, 6) is -0.139. The summed E-state index contributed by atoms with van der Waals surface area (Å²) in [4.78, 5) is 14.6. The van der Waals surface area contributed by atoms with E-state index in [1.165, 1.54) is 30.3 Å². The molecule has 0 aliphatic heterocycles. The average molecular weight is 296 g/mol. The highest BCUT2D eigenvalue weighted by Gasteiger charge is 2.14. The second kappa shape index (κ2) is 5.83. The fourth-order valence-electron chi connectivity index (χ4n) is 1.72. The number of halogens is 2. The number of nitrogens with one attached hydrogen (secondary N) is 1. The third-order valence-electron chi connectivity index (χ3n) is 2.58. The molecule has 1 heterocycles. The molecule has 1 aromatic carbocycles. The van der Waals surface area contributed by atoms with Crippen LogP contribution in [0, 0.1) is 15.9 Å². The molecular formula is C13H11ClFN3O2. The van der Waals surface area contributed by atoms with Crippen molar-refractivity contribution in [2.75, 3.05) is 11.9 Å². The predicted molar refractivity (Wildman–Crippen MR) is 75.5 cm³/mol. The number of nitro groups is 1. The molecule has 0 amide bonds. The Morgan fingerprint density at radius 3 is 2.80 bits per heavy atom. The summed E-state index contributed by atoms with van der Waals surface area (Å²) < 4.78 is 13.3. The Balaban J connectivity index is 2.60.